The lowest BCUT2D eigenvalue weighted by Gasteiger charge is -2.38. The van der Waals surface area contributed by atoms with Gasteiger partial charge in [0.15, 0.2) is 0 Å². The Morgan fingerprint density at radius 1 is 1.03 bits per heavy atom. The monoisotopic (exact) mass is 424 g/mol. The van der Waals surface area contributed by atoms with Crippen LogP contribution in [0.2, 0.25) is 0 Å². The number of hydrogen-bond donors (Lipinski definition) is 1. The van der Waals surface area contributed by atoms with Crippen LogP contribution in [0.3, 0.4) is 0 Å². The third kappa shape index (κ3) is 5.20. The number of nitro benzene ring substituents is 1. The molecule has 2 aromatic rings. The number of benzene rings is 2. The van der Waals surface area contributed by atoms with Crippen molar-refractivity contribution < 1.29 is 14.5 Å². The largest absolute Gasteiger partial charge is 0.368 e. The van der Waals surface area contributed by atoms with Crippen molar-refractivity contribution in [1.29, 1.82) is 0 Å². The number of anilines is 1. The van der Waals surface area contributed by atoms with Crippen LogP contribution in [0.25, 0.3) is 0 Å². The molecule has 0 saturated carbocycles. The number of rotatable bonds is 6. The van der Waals surface area contributed by atoms with E-state index < -0.39 is 11.0 Å². The summed E-state index contributed by atoms with van der Waals surface area (Å²) in [5, 5.41) is 13.9. The highest BCUT2D eigenvalue weighted by Gasteiger charge is 2.31. The number of nitro groups is 1. The summed E-state index contributed by atoms with van der Waals surface area (Å²) < 4.78 is 0. The van der Waals surface area contributed by atoms with Gasteiger partial charge in [0.2, 0.25) is 5.91 Å². The first-order valence-electron chi connectivity index (χ1n) is 10.4. The average molecular weight is 425 g/mol. The van der Waals surface area contributed by atoms with Gasteiger partial charge in [-0.15, -0.1) is 0 Å². The Morgan fingerprint density at radius 3 is 2.32 bits per heavy atom. The van der Waals surface area contributed by atoms with Crippen LogP contribution in [0, 0.1) is 23.0 Å². The van der Waals surface area contributed by atoms with Gasteiger partial charge in [-0.2, -0.15) is 0 Å². The lowest BCUT2D eigenvalue weighted by atomic mass is 10.0. The second-order valence-corrected chi connectivity index (χ2v) is 8.10. The van der Waals surface area contributed by atoms with E-state index in [0.29, 0.717) is 31.7 Å². The minimum Gasteiger partial charge on any atom is -0.368 e. The third-order valence-corrected chi connectivity index (χ3v) is 5.61. The van der Waals surface area contributed by atoms with Gasteiger partial charge in [-0.3, -0.25) is 19.7 Å². The molecule has 31 heavy (non-hydrogen) atoms. The minimum atomic E-state index is -0.614. The van der Waals surface area contributed by atoms with Crippen molar-refractivity contribution in [3.05, 3.63) is 69.8 Å². The lowest BCUT2D eigenvalue weighted by Crippen LogP contribution is -2.56. The smallest absolute Gasteiger partial charge is 0.271 e. The summed E-state index contributed by atoms with van der Waals surface area (Å²) in [6.07, 6.45) is 0. The van der Waals surface area contributed by atoms with E-state index in [-0.39, 0.29) is 23.4 Å². The number of carbonyl (C=O) groups excluding carboxylic acids is 2. The number of nitrogens with zero attached hydrogens (tertiary/aromatic N) is 3. The molecular formula is C23H28N4O4. The van der Waals surface area contributed by atoms with E-state index >= 15 is 0 Å². The van der Waals surface area contributed by atoms with Crippen molar-refractivity contribution in [3.8, 4) is 0 Å². The maximum atomic E-state index is 13.2. The predicted molar refractivity (Wildman–Crippen MR) is 119 cm³/mol. The summed E-state index contributed by atoms with van der Waals surface area (Å²) in [7, 11) is 0. The van der Waals surface area contributed by atoms with Gasteiger partial charge in [0.05, 0.1) is 4.92 Å². The lowest BCUT2D eigenvalue weighted by molar-refractivity contribution is -0.384. The molecule has 1 aliphatic rings. The Labute approximate surface area is 182 Å². The molecular weight excluding hydrogens is 396 g/mol. The van der Waals surface area contributed by atoms with Crippen molar-refractivity contribution in [2.45, 2.75) is 26.8 Å². The zero-order valence-electron chi connectivity index (χ0n) is 18.1. The molecule has 1 saturated heterocycles. The molecule has 1 fully saturated rings. The zero-order valence-corrected chi connectivity index (χ0v) is 18.1. The van der Waals surface area contributed by atoms with Gasteiger partial charge in [-0.05, 0) is 30.5 Å². The Kier molecular flexibility index (Phi) is 6.89. The number of piperazine rings is 1. The van der Waals surface area contributed by atoms with E-state index in [1.807, 2.05) is 43.9 Å². The van der Waals surface area contributed by atoms with Crippen LogP contribution in [0.5, 0.6) is 0 Å². The molecule has 1 N–H and O–H groups in total. The molecule has 3 rings (SSSR count). The molecule has 1 aliphatic heterocycles. The SMILES string of the molecule is Cc1ccccc1C(=O)NC(C(=O)N1CCN(c2cccc([N+](=O)[O-])c2)CC1)C(C)C. The summed E-state index contributed by atoms with van der Waals surface area (Å²) in [6, 6.07) is 13.2. The van der Waals surface area contributed by atoms with Gasteiger partial charge in [-0.1, -0.05) is 38.1 Å². The summed E-state index contributed by atoms with van der Waals surface area (Å²) in [4.78, 5) is 40.3. The molecule has 0 aliphatic carbocycles. The van der Waals surface area contributed by atoms with E-state index in [1.54, 1.807) is 29.2 Å². The van der Waals surface area contributed by atoms with Gasteiger partial charge in [0.25, 0.3) is 11.6 Å². The quantitative estimate of drug-likeness (QED) is 0.568. The number of carbonyl (C=O) groups is 2. The van der Waals surface area contributed by atoms with Crippen molar-refractivity contribution >= 4 is 23.2 Å². The summed E-state index contributed by atoms with van der Waals surface area (Å²) in [5.41, 5.74) is 2.25. The Bertz CT molecular complexity index is 968. The van der Waals surface area contributed by atoms with Gasteiger partial charge >= 0.3 is 0 Å². The fraction of sp³-hybridized carbons (Fsp3) is 0.391. The highest BCUT2D eigenvalue weighted by atomic mass is 16.6. The number of hydrogen-bond acceptors (Lipinski definition) is 5. The predicted octanol–water partition coefficient (Wildman–Crippen LogP) is 3.01. The normalized spacial score (nSPS) is 15.0. The van der Waals surface area contributed by atoms with Crippen LogP contribution >= 0.6 is 0 Å². The van der Waals surface area contributed by atoms with Crippen molar-refractivity contribution in [3.63, 3.8) is 0 Å². The molecule has 1 unspecified atom stereocenters. The number of non-ortho nitro benzene ring substituents is 1. The highest BCUT2D eigenvalue weighted by Crippen LogP contribution is 2.22. The second-order valence-electron chi connectivity index (χ2n) is 8.10. The molecule has 8 heteroatoms. The highest BCUT2D eigenvalue weighted by molar-refractivity contribution is 5.98. The molecule has 1 atom stereocenters. The molecule has 2 amide bonds. The first-order valence-corrected chi connectivity index (χ1v) is 10.4. The molecule has 8 nitrogen and oxygen atoms in total. The third-order valence-electron chi connectivity index (χ3n) is 5.61. The maximum Gasteiger partial charge on any atom is 0.271 e. The van der Waals surface area contributed by atoms with E-state index in [1.165, 1.54) is 6.07 Å². The molecule has 0 spiro atoms. The molecule has 1 heterocycles. The number of nitrogens with one attached hydrogen (secondary N) is 1. The standard InChI is InChI=1S/C23H28N4O4/c1-16(2)21(24-22(28)20-10-5-4-7-17(20)3)23(29)26-13-11-25(12-14-26)18-8-6-9-19(15-18)27(30)31/h4-10,15-16,21H,11-14H2,1-3H3,(H,24,28). The fourth-order valence-electron chi connectivity index (χ4n) is 3.75. The Balaban J connectivity index is 1.65. The van der Waals surface area contributed by atoms with E-state index in [0.717, 1.165) is 11.3 Å². The number of aryl methyl sites for hydroxylation is 1. The first-order chi connectivity index (χ1) is 14.8. The van der Waals surface area contributed by atoms with Crippen LogP contribution in [0.1, 0.15) is 29.8 Å². The average Bonchev–Trinajstić information content (AvgIpc) is 2.77. The van der Waals surface area contributed by atoms with Crippen LogP contribution in [0.15, 0.2) is 48.5 Å². The van der Waals surface area contributed by atoms with Gasteiger partial charge in [0.1, 0.15) is 6.04 Å². The maximum absolute atomic E-state index is 13.2. The molecule has 0 radical (unpaired) electrons. The van der Waals surface area contributed by atoms with Gasteiger partial charge in [-0.25, -0.2) is 0 Å². The number of amides is 2. The van der Waals surface area contributed by atoms with Gasteiger partial charge < -0.3 is 15.1 Å². The minimum absolute atomic E-state index is 0.0507. The van der Waals surface area contributed by atoms with Crippen LogP contribution in [0.4, 0.5) is 11.4 Å². The Morgan fingerprint density at radius 2 is 1.71 bits per heavy atom. The van der Waals surface area contributed by atoms with E-state index in [2.05, 4.69) is 5.32 Å². The summed E-state index contributed by atoms with van der Waals surface area (Å²) >= 11 is 0. The van der Waals surface area contributed by atoms with Crippen molar-refractivity contribution in [2.24, 2.45) is 5.92 Å². The van der Waals surface area contributed by atoms with E-state index in [4.69, 9.17) is 0 Å². The topological polar surface area (TPSA) is 95.8 Å². The second kappa shape index (κ2) is 9.59. The van der Waals surface area contributed by atoms with Gasteiger partial charge in [0, 0.05) is 49.6 Å². The fourth-order valence-corrected chi connectivity index (χ4v) is 3.75. The van der Waals surface area contributed by atoms with Crippen LogP contribution in [-0.2, 0) is 4.79 Å². The zero-order chi connectivity index (χ0) is 22.5. The first kappa shape index (κ1) is 22.3. The molecule has 0 bridgehead atoms. The molecule has 2 aromatic carbocycles. The summed E-state index contributed by atoms with van der Waals surface area (Å²) in [6.45, 7) is 7.83. The van der Waals surface area contributed by atoms with Crippen LogP contribution < -0.4 is 10.2 Å². The van der Waals surface area contributed by atoms with Crippen molar-refractivity contribution in [2.75, 3.05) is 31.1 Å². The van der Waals surface area contributed by atoms with Crippen molar-refractivity contribution in [1.82, 2.24) is 10.2 Å². The Hall–Kier alpha value is -3.42. The molecule has 0 aromatic heterocycles. The van der Waals surface area contributed by atoms with E-state index in [9.17, 15) is 19.7 Å². The molecule has 164 valence electrons. The summed E-state index contributed by atoms with van der Waals surface area (Å²) in [5.74, 6) is -0.411. The van der Waals surface area contributed by atoms with Crippen LogP contribution in [-0.4, -0.2) is 53.9 Å².